The Morgan fingerprint density at radius 2 is 1.35 bits per heavy atom. The quantitative estimate of drug-likeness (QED) is 0.492. The van der Waals surface area contributed by atoms with Crippen molar-refractivity contribution in [2.45, 2.75) is 77.8 Å². The molecule has 3 nitrogen and oxygen atoms in total. The van der Waals surface area contributed by atoms with Crippen LogP contribution in [0.1, 0.15) is 67.2 Å². The molecule has 20 heavy (non-hydrogen) atoms. The number of aliphatic hydroxyl groups is 2. The van der Waals surface area contributed by atoms with Gasteiger partial charge in [-0.1, -0.05) is 39.8 Å². The molecule has 0 radical (unpaired) electrons. The topological polar surface area (TPSA) is 60.7 Å². The maximum atomic E-state index is 9.74. The highest BCUT2D eigenvalue weighted by molar-refractivity contribution is 8.29. The van der Waals surface area contributed by atoms with Crippen molar-refractivity contribution < 1.29 is 14.8 Å². The lowest BCUT2D eigenvalue weighted by molar-refractivity contribution is -0.127. The van der Waals surface area contributed by atoms with E-state index in [1.807, 2.05) is 13.2 Å². The Bertz CT molecular complexity index is 258. The van der Waals surface area contributed by atoms with Crippen LogP contribution in [0, 0.1) is 0 Å². The van der Waals surface area contributed by atoms with Crippen LogP contribution in [0.5, 0.6) is 0 Å². The molecule has 0 aromatic rings. The fraction of sp³-hybridized carbons (Fsp3) is 0.875. The molecule has 1 saturated carbocycles. The first-order valence-corrected chi connectivity index (χ1v) is 9.47. The highest BCUT2D eigenvalue weighted by Crippen LogP contribution is 2.51. The lowest BCUT2D eigenvalue weighted by atomic mass is 10.3. The second-order valence-electron chi connectivity index (χ2n) is 6.89. The van der Waals surface area contributed by atoms with Crippen LogP contribution < -0.4 is 0 Å². The third kappa shape index (κ3) is 14.4. The van der Waals surface area contributed by atoms with E-state index < -0.39 is 16.1 Å². The van der Waals surface area contributed by atoms with Crippen molar-refractivity contribution >= 4 is 10.3 Å². The summed E-state index contributed by atoms with van der Waals surface area (Å²) in [6.07, 6.45) is 7.32. The first-order chi connectivity index (χ1) is 8.70. The van der Waals surface area contributed by atoms with Gasteiger partial charge in [0.05, 0.1) is 0 Å². The van der Waals surface area contributed by atoms with Crippen molar-refractivity contribution in [1.82, 2.24) is 0 Å². The maximum absolute atomic E-state index is 9.74. The molecule has 0 amide bonds. The van der Waals surface area contributed by atoms with Gasteiger partial charge in [0.25, 0.3) is 0 Å². The van der Waals surface area contributed by atoms with E-state index in [0.29, 0.717) is 0 Å². The Kier molecular flexibility index (Phi) is 10.1. The number of rotatable bonds is 1. The van der Waals surface area contributed by atoms with Crippen molar-refractivity contribution in [2.75, 3.05) is 12.0 Å². The van der Waals surface area contributed by atoms with Crippen LogP contribution in [-0.4, -0.2) is 37.3 Å². The smallest absolute Gasteiger partial charge is 0.156 e. The minimum Gasteiger partial charge on any atom is -0.366 e. The van der Waals surface area contributed by atoms with Crippen LogP contribution in [-0.2, 0) is 0 Å². The lowest BCUT2D eigenvalue weighted by Gasteiger charge is -2.41. The SMILES string of the molecule is C=C1CCCC1.CC(C)(O)O.CCS(C)(O)C(C)(C)C. The molecule has 1 rings (SSSR count). The predicted molar refractivity (Wildman–Crippen MR) is 92.6 cm³/mol. The third-order valence-corrected chi connectivity index (χ3v) is 6.95. The summed E-state index contributed by atoms with van der Waals surface area (Å²) < 4.78 is 9.83. The average molecular weight is 309 g/mol. The number of hydrogen-bond acceptors (Lipinski definition) is 3. The normalized spacial score (nSPS) is 20.0. The summed E-state index contributed by atoms with van der Waals surface area (Å²) in [4.78, 5) is 0. The van der Waals surface area contributed by atoms with Crippen molar-refractivity contribution in [1.29, 1.82) is 0 Å². The molecule has 1 fully saturated rings. The minimum absolute atomic E-state index is 0.0851. The lowest BCUT2D eigenvalue weighted by Crippen LogP contribution is -2.24. The van der Waals surface area contributed by atoms with E-state index in [9.17, 15) is 4.55 Å². The van der Waals surface area contributed by atoms with Crippen LogP contribution in [0.25, 0.3) is 0 Å². The van der Waals surface area contributed by atoms with Crippen LogP contribution in [0.2, 0.25) is 0 Å². The fourth-order valence-corrected chi connectivity index (χ4v) is 2.17. The molecule has 3 N–H and O–H groups in total. The second-order valence-corrected chi connectivity index (χ2v) is 10.8. The molecule has 1 aliphatic carbocycles. The highest BCUT2D eigenvalue weighted by atomic mass is 32.3. The maximum Gasteiger partial charge on any atom is 0.156 e. The van der Waals surface area contributed by atoms with E-state index in [-0.39, 0.29) is 4.75 Å². The molecule has 0 spiro atoms. The molecular weight excluding hydrogens is 272 g/mol. The standard InChI is InChI=1S/C7H18OS.C6H10.C3H8O2/c1-6-9(5,8)7(2,3)4;1-6-4-2-3-5-6;1-3(2,4)5/h8H,6H2,1-5H3;1-5H2;4-5H,1-2H3. The zero-order chi connectivity index (χ0) is 16.6. The molecule has 0 heterocycles. The van der Waals surface area contributed by atoms with Crippen LogP contribution in [0.3, 0.4) is 0 Å². The fourth-order valence-electron chi connectivity index (χ4n) is 1.31. The molecule has 0 bridgehead atoms. The number of allylic oxidation sites excluding steroid dienone is 1. The van der Waals surface area contributed by atoms with E-state index in [0.717, 1.165) is 5.75 Å². The Labute approximate surface area is 127 Å². The Morgan fingerprint density at radius 3 is 1.40 bits per heavy atom. The monoisotopic (exact) mass is 308 g/mol. The van der Waals surface area contributed by atoms with Crippen molar-refractivity contribution in [3.8, 4) is 0 Å². The summed E-state index contributed by atoms with van der Waals surface area (Å²) in [6, 6.07) is 0. The molecule has 124 valence electrons. The molecule has 4 heteroatoms. The first kappa shape index (κ1) is 22.3. The molecule has 0 aliphatic heterocycles. The van der Waals surface area contributed by atoms with Gasteiger partial charge in [0, 0.05) is 4.75 Å². The molecule has 1 unspecified atom stereocenters. The summed E-state index contributed by atoms with van der Waals surface area (Å²) in [5.41, 5.74) is 1.45. The van der Waals surface area contributed by atoms with Crippen LogP contribution in [0.4, 0.5) is 0 Å². The highest BCUT2D eigenvalue weighted by Gasteiger charge is 2.27. The van der Waals surface area contributed by atoms with E-state index in [2.05, 4.69) is 27.4 Å². The van der Waals surface area contributed by atoms with Crippen molar-refractivity contribution in [3.05, 3.63) is 12.2 Å². The van der Waals surface area contributed by atoms with E-state index in [1.54, 1.807) is 0 Å². The van der Waals surface area contributed by atoms with E-state index in [1.165, 1.54) is 45.1 Å². The van der Waals surface area contributed by atoms with Gasteiger partial charge in [-0.3, -0.25) is 0 Å². The molecule has 0 aromatic heterocycles. The Hall–Kier alpha value is -0.0300. The van der Waals surface area contributed by atoms with Crippen molar-refractivity contribution in [2.24, 2.45) is 0 Å². The van der Waals surface area contributed by atoms with E-state index >= 15 is 0 Å². The molecule has 0 aromatic carbocycles. The summed E-state index contributed by atoms with van der Waals surface area (Å²) in [5, 5.41) is 16.2. The summed E-state index contributed by atoms with van der Waals surface area (Å²) in [6.45, 7) is 14.8. The van der Waals surface area contributed by atoms with Crippen molar-refractivity contribution in [3.63, 3.8) is 0 Å². The Balaban J connectivity index is 0. The van der Waals surface area contributed by atoms with Crippen LogP contribution in [0.15, 0.2) is 12.2 Å². The predicted octanol–water partition coefficient (Wildman–Crippen LogP) is 4.54. The van der Waals surface area contributed by atoms with Gasteiger partial charge in [0.15, 0.2) is 5.79 Å². The first-order valence-electron chi connectivity index (χ1n) is 7.30. The van der Waals surface area contributed by atoms with Gasteiger partial charge in [0.1, 0.15) is 0 Å². The van der Waals surface area contributed by atoms with Gasteiger partial charge in [-0.15, -0.1) is 10.3 Å². The summed E-state index contributed by atoms with van der Waals surface area (Å²) in [7, 11) is -1.34. The van der Waals surface area contributed by atoms with Gasteiger partial charge >= 0.3 is 0 Å². The van der Waals surface area contributed by atoms with Gasteiger partial charge in [-0.25, -0.2) is 0 Å². The van der Waals surface area contributed by atoms with E-state index in [4.69, 9.17) is 10.2 Å². The van der Waals surface area contributed by atoms with Gasteiger partial charge < -0.3 is 14.8 Å². The summed E-state index contributed by atoms with van der Waals surface area (Å²) in [5.74, 6) is -0.601. The largest absolute Gasteiger partial charge is 0.366 e. The number of hydrogen-bond donors (Lipinski definition) is 3. The van der Waals surface area contributed by atoms with Gasteiger partial charge in [-0.05, 0) is 51.5 Å². The second kappa shape index (κ2) is 9.08. The minimum atomic E-state index is -1.50. The van der Waals surface area contributed by atoms with Crippen LogP contribution >= 0.6 is 10.3 Å². The summed E-state index contributed by atoms with van der Waals surface area (Å²) >= 11 is 0. The average Bonchev–Trinajstić information content (AvgIpc) is 2.66. The molecular formula is C16H36O3S. The Morgan fingerprint density at radius 1 is 1.05 bits per heavy atom. The molecule has 0 saturated heterocycles. The zero-order valence-electron chi connectivity index (χ0n) is 14.5. The zero-order valence-corrected chi connectivity index (χ0v) is 15.3. The molecule has 1 atom stereocenters. The van der Waals surface area contributed by atoms with Gasteiger partial charge in [-0.2, -0.15) is 0 Å². The third-order valence-electron chi connectivity index (χ3n) is 3.19. The van der Waals surface area contributed by atoms with Gasteiger partial charge in [0.2, 0.25) is 0 Å². The molecule has 1 aliphatic rings.